The summed E-state index contributed by atoms with van der Waals surface area (Å²) < 4.78 is 0. The van der Waals surface area contributed by atoms with Crippen molar-refractivity contribution in [3.8, 4) is 0 Å². The molecule has 7 heteroatoms. The van der Waals surface area contributed by atoms with Gasteiger partial charge in [0, 0.05) is 0 Å². The molecule has 0 fully saturated rings. The second-order valence-corrected chi connectivity index (χ2v) is 5.16. The highest BCUT2D eigenvalue weighted by molar-refractivity contribution is 6.22. The van der Waals surface area contributed by atoms with Gasteiger partial charge in [-0.1, -0.05) is 12.1 Å². The normalized spacial score (nSPS) is 13.2. The Morgan fingerprint density at radius 3 is 2.30 bits per heavy atom. The van der Waals surface area contributed by atoms with Gasteiger partial charge in [-0.2, -0.15) is 0 Å². The van der Waals surface area contributed by atoms with Gasteiger partial charge in [-0.05, 0) is 31.2 Å². The molecule has 23 heavy (non-hydrogen) atoms. The number of carbonyl (C=O) groups is 3. The van der Waals surface area contributed by atoms with Gasteiger partial charge in [-0.3, -0.25) is 19.3 Å². The minimum Gasteiger partial charge on any atom is -0.384 e. The lowest BCUT2D eigenvalue weighted by molar-refractivity contribution is -0.116. The molecule has 0 spiro atoms. The maximum absolute atomic E-state index is 12.2. The van der Waals surface area contributed by atoms with Crippen LogP contribution >= 0.6 is 0 Å². The van der Waals surface area contributed by atoms with E-state index in [1.807, 2.05) is 0 Å². The van der Waals surface area contributed by atoms with Crippen molar-refractivity contribution in [1.82, 2.24) is 9.88 Å². The summed E-state index contributed by atoms with van der Waals surface area (Å²) in [4.78, 5) is 41.5. The number of amides is 3. The van der Waals surface area contributed by atoms with Crippen molar-refractivity contribution in [1.29, 1.82) is 0 Å². The second-order valence-electron chi connectivity index (χ2n) is 5.16. The average Bonchev–Trinajstić information content (AvgIpc) is 2.76. The number of benzene rings is 1. The van der Waals surface area contributed by atoms with Crippen molar-refractivity contribution < 1.29 is 14.4 Å². The largest absolute Gasteiger partial charge is 0.384 e. The van der Waals surface area contributed by atoms with Crippen LogP contribution in [0.15, 0.2) is 36.4 Å². The smallest absolute Gasteiger partial charge is 0.262 e. The van der Waals surface area contributed by atoms with Crippen LogP contribution in [0.4, 0.5) is 11.5 Å². The van der Waals surface area contributed by atoms with Gasteiger partial charge in [0.1, 0.15) is 12.4 Å². The molecule has 0 unspecified atom stereocenters. The van der Waals surface area contributed by atoms with Gasteiger partial charge in [0.15, 0.2) is 0 Å². The third kappa shape index (κ3) is 2.64. The van der Waals surface area contributed by atoms with E-state index in [-0.39, 0.29) is 6.54 Å². The van der Waals surface area contributed by atoms with E-state index in [2.05, 4.69) is 10.3 Å². The summed E-state index contributed by atoms with van der Waals surface area (Å²) >= 11 is 0. The molecule has 0 saturated carbocycles. The van der Waals surface area contributed by atoms with E-state index in [9.17, 15) is 14.4 Å². The SMILES string of the molecule is Cc1nc(N)ccc1NC(=O)CN1C(=O)c2ccccc2C1=O. The molecule has 3 N–H and O–H groups in total. The number of carbonyl (C=O) groups excluding carboxylic acids is 3. The number of nitrogens with two attached hydrogens (primary N) is 1. The van der Waals surface area contributed by atoms with E-state index in [1.165, 1.54) is 0 Å². The third-order valence-electron chi connectivity index (χ3n) is 3.56. The van der Waals surface area contributed by atoms with Crippen LogP contribution in [0.3, 0.4) is 0 Å². The number of imide groups is 1. The molecule has 1 aromatic heterocycles. The van der Waals surface area contributed by atoms with Gasteiger partial charge in [-0.15, -0.1) is 0 Å². The molecule has 2 aromatic rings. The van der Waals surface area contributed by atoms with Crippen LogP contribution in [-0.2, 0) is 4.79 Å². The Kier molecular flexibility index (Phi) is 3.53. The summed E-state index contributed by atoms with van der Waals surface area (Å²) in [6.45, 7) is 1.35. The Bertz CT molecular complexity index is 797. The Hall–Kier alpha value is -3.22. The number of nitrogens with one attached hydrogen (secondary N) is 1. The Morgan fingerprint density at radius 2 is 1.74 bits per heavy atom. The van der Waals surface area contributed by atoms with Crippen LogP contribution in [0.2, 0.25) is 0 Å². The van der Waals surface area contributed by atoms with Gasteiger partial charge in [0.05, 0.1) is 22.5 Å². The molecule has 1 aromatic carbocycles. The summed E-state index contributed by atoms with van der Waals surface area (Å²) in [5.74, 6) is -1.06. The molecule has 0 bridgehead atoms. The van der Waals surface area contributed by atoms with Crippen LogP contribution < -0.4 is 11.1 Å². The molecule has 7 nitrogen and oxygen atoms in total. The zero-order valence-electron chi connectivity index (χ0n) is 12.4. The minimum atomic E-state index is -0.478. The average molecular weight is 310 g/mol. The fraction of sp³-hybridized carbons (Fsp3) is 0.125. The predicted octanol–water partition coefficient (Wildman–Crippen LogP) is 1.21. The molecule has 2 heterocycles. The van der Waals surface area contributed by atoms with Crippen molar-refractivity contribution >= 4 is 29.2 Å². The zero-order chi connectivity index (χ0) is 16.6. The number of fused-ring (bicyclic) bond motifs is 1. The van der Waals surface area contributed by atoms with Crippen LogP contribution in [0.1, 0.15) is 26.4 Å². The van der Waals surface area contributed by atoms with Crippen molar-refractivity contribution in [2.24, 2.45) is 0 Å². The van der Waals surface area contributed by atoms with Gasteiger partial charge in [0.25, 0.3) is 11.8 Å². The summed E-state index contributed by atoms with van der Waals surface area (Å²) in [5, 5.41) is 2.63. The number of nitrogen functional groups attached to an aromatic ring is 1. The van der Waals surface area contributed by atoms with Crippen molar-refractivity contribution in [2.45, 2.75) is 6.92 Å². The highest BCUT2D eigenvalue weighted by Crippen LogP contribution is 2.22. The van der Waals surface area contributed by atoms with E-state index in [0.717, 1.165) is 4.90 Å². The fourth-order valence-corrected chi connectivity index (χ4v) is 2.43. The first-order valence-corrected chi connectivity index (χ1v) is 6.95. The molecular weight excluding hydrogens is 296 g/mol. The molecule has 1 aliphatic heterocycles. The van der Waals surface area contributed by atoms with Crippen LogP contribution in [-0.4, -0.2) is 34.2 Å². The van der Waals surface area contributed by atoms with Crippen LogP contribution in [0, 0.1) is 6.92 Å². The maximum Gasteiger partial charge on any atom is 0.262 e. The lowest BCUT2D eigenvalue weighted by Crippen LogP contribution is -2.37. The van der Waals surface area contributed by atoms with Crippen molar-refractivity contribution in [3.63, 3.8) is 0 Å². The fourth-order valence-electron chi connectivity index (χ4n) is 2.43. The van der Waals surface area contributed by atoms with E-state index in [1.54, 1.807) is 43.3 Å². The number of hydrogen-bond donors (Lipinski definition) is 2. The number of aromatic nitrogens is 1. The zero-order valence-corrected chi connectivity index (χ0v) is 12.4. The lowest BCUT2D eigenvalue weighted by atomic mass is 10.1. The van der Waals surface area contributed by atoms with E-state index < -0.39 is 17.7 Å². The molecule has 1 aliphatic rings. The maximum atomic E-state index is 12.2. The number of pyridine rings is 1. The molecule has 0 radical (unpaired) electrons. The molecule has 3 amide bonds. The Morgan fingerprint density at radius 1 is 1.13 bits per heavy atom. The molecular formula is C16H14N4O3. The van der Waals surface area contributed by atoms with Gasteiger partial charge in [0.2, 0.25) is 5.91 Å². The summed E-state index contributed by atoms with van der Waals surface area (Å²) in [5.41, 5.74) is 7.23. The standard InChI is InChI=1S/C16H14N4O3/c1-9-12(6-7-13(17)18-9)19-14(21)8-20-15(22)10-4-2-3-5-11(10)16(20)23/h2-7H,8H2,1H3,(H2,17,18)(H,19,21). The number of anilines is 2. The predicted molar refractivity (Wildman–Crippen MR) is 83.8 cm³/mol. The molecule has 0 saturated heterocycles. The van der Waals surface area contributed by atoms with Gasteiger partial charge >= 0.3 is 0 Å². The highest BCUT2D eigenvalue weighted by atomic mass is 16.2. The summed E-state index contributed by atoms with van der Waals surface area (Å²) in [6, 6.07) is 9.68. The van der Waals surface area contributed by atoms with Gasteiger partial charge in [-0.25, -0.2) is 4.98 Å². The first-order valence-electron chi connectivity index (χ1n) is 6.95. The lowest BCUT2D eigenvalue weighted by Gasteiger charge is -2.14. The number of nitrogens with zero attached hydrogens (tertiary/aromatic N) is 2. The van der Waals surface area contributed by atoms with Crippen molar-refractivity contribution in [3.05, 3.63) is 53.2 Å². The van der Waals surface area contributed by atoms with E-state index >= 15 is 0 Å². The van der Waals surface area contributed by atoms with E-state index in [4.69, 9.17) is 5.73 Å². The monoisotopic (exact) mass is 310 g/mol. The minimum absolute atomic E-state index is 0.315. The molecule has 116 valence electrons. The molecule has 0 atom stereocenters. The summed E-state index contributed by atoms with van der Waals surface area (Å²) in [6.07, 6.45) is 0. The third-order valence-corrected chi connectivity index (χ3v) is 3.56. The molecule has 3 rings (SSSR count). The van der Waals surface area contributed by atoms with E-state index in [0.29, 0.717) is 28.3 Å². The first-order chi connectivity index (χ1) is 11.0. The van der Waals surface area contributed by atoms with Gasteiger partial charge < -0.3 is 11.1 Å². The Balaban J connectivity index is 1.74. The first kappa shape index (κ1) is 14.7. The number of rotatable bonds is 3. The number of hydrogen-bond acceptors (Lipinski definition) is 5. The number of aryl methyl sites for hydroxylation is 1. The topological polar surface area (TPSA) is 105 Å². The quantitative estimate of drug-likeness (QED) is 0.829. The highest BCUT2D eigenvalue weighted by Gasteiger charge is 2.36. The molecule has 0 aliphatic carbocycles. The van der Waals surface area contributed by atoms with Crippen LogP contribution in [0.5, 0.6) is 0 Å². The Labute approximate surface area is 132 Å². The second kappa shape index (κ2) is 5.53. The summed E-state index contributed by atoms with van der Waals surface area (Å²) in [7, 11) is 0. The van der Waals surface area contributed by atoms with Crippen molar-refractivity contribution in [2.75, 3.05) is 17.6 Å². The van der Waals surface area contributed by atoms with Crippen LogP contribution in [0.25, 0.3) is 0 Å².